The van der Waals surface area contributed by atoms with E-state index in [0.717, 1.165) is 5.69 Å². The number of para-hydroxylation sites is 1. The first-order valence-corrected chi connectivity index (χ1v) is 11.6. The molecule has 0 radical (unpaired) electrons. The van der Waals surface area contributed by atoms with E-state index in [4.69, 9.17) is 23.2 Å². The van der Waals surface area contributed by atoms with Gasteiger partial charge in [-0.2, -0.15) is 4.99 Å². The second-order valence-corrected chi connectivity index (χ2v) is 10.5. The molecule has 9 heteroatoms. The Labute approximate surface area is 171 Å². The van der Waals surface area contributed by atoms with E-state index in [0.29, 0.717) is 10.2 Å². The van der Waals surface area contributed by atoms with Crippen molar-refractivity contribution in [3.63, 3.8) is 0 Å². The predicted octanol–water partition coefficient (Wildman–Crippen LogP) is 3.91. The van der Waals surface area contributed by atoms with Gasteiger partial charge < -0.3 is 4.90 Å². The van der Waals surface area contributed by atoms with Crippen molar-refractivity contribution in [2.75, 3.05) is 16.4 Å². The zero-order valence-electron chi connectivity index (χ0n) is 13.9. The monoisotopic (exact) mass is 440 g/mol. The maximum Gasteiger partial charge on any atom is 0.280 e. The van der Waals surface area contributed by atoms with Crippen molar-refractivity contribution in [3.8, 4) is 0 Å². The van der Waals surface area contributed by atoms with E-state index >= 15 is 0 Å². The molecule has 0 N–H and O–H groups in total. The van der Waals surface area contributed by atoms with Gasteiger partial charge in [0.05, 0.1) is 28.1 Å². The standard InChI is InChI=1S/C18H14Cl2N2O3S2/c19-11-6-7-13(14(20)8-11)17(23)21-18-22(12-4-2-1-3-5-12)15-9-27(24,25)10-16(15)26-18/h1-8,15-16H,9-10H2/t15-,16+/m0/s1. The highest BCUT2D eigenvalue weighted by Gasteiger charge is 2.49. The Kier molecular flexibility index (Phi) is 4.96. The molecule has 0 aliphatic carbocycles. The molecule has 2 heterocycles. The fourth-order valence-electron chi connectivity index (χ4n) is 3.27. The summed E-state index contributed by atoms with van der Waals surface area (Å²) in [6.07, 6.45) is 0. The van der Waals surface area contributed by atoms with Crippen LogP contribution >= 0.6 is 35.0 Å². The van der Waals surface area contributed by atoms with Crippen molar-refractivity contribution in [1.82, 2.24) is 0 Å². The maximum absolute atomic E-state index is 12.7. The zero-order chi connectivity index (χ0) is 19.2. The second-order valence-electron chi connectivity index (χ2n) is 6.33. The van der Waals surface area contributed by atoms with Crippen molar-refractivity contribution >= 4 is 61.6 Å². The van der Waals surface area contributed by atoms with Crippen LogP contribution in [0.2, 0.25) is 10.0 Å². The SMILES string of the molecule is O=C(N=C1S[C@@H]2CS(=O)(=O)C[C@@H]2N1c1ccccc1)c1ccc(Cl)cc1Cl. The molecule has 0 bridgehead atoms. The molecule has 140 valence electrons. The van der Waals surface area contributed by atoms with E-state index in [-0.39, 0.29) is 33.4 Å². The van der Waals surface area contributed by atoms with Gasteiger partial charge in [0.1, 0.15) is 0 Å². The summed E-state index contributed by atoms with van der Waals surface area (Å²) in [5, 5.41) is 1.00. The fourth-order valence-corrected chi connectivity index (χ4v) is 7.67. The van der Waals surface area contributed by atoms with Crippen molar-refractivity contribution < 1.29 is 13.2 Å². The molecule has 2 aliphatic rings. The molecule has 2 aromatic rings. The van der Waals surface area contributed by atoms with E-state index in [1.54, 1.807) is 6.07 Å². The smallest absolute Gasteiger partial charge is 0.280 e. The summed E-state index contributed by atoms with van der Waals surface area (Å²) in [4.78, 5) is 18.8. The van der Waals surface area contributed by atoms with Gasteiger partial charge in [-0.05, 0) is 30.3 Å². The Morgan fingerprint density at radius 1 is 1.11 bits per heavy atom. The van der Waals surface area contributed by atoms with Crippen LogP contribution in [-0.4, -0.2) is 42.3 Å². The molecule has 2 atom stereocenters. The molecule has 0 saturated carbocycles. The molecule has 2 fully saturated rings. The van der Waals surface area contributed by atoms with Crippen molar-refractivity contribution in [2.24, 2.45) is 4.99 Å². The maximum atomic E-state index is 12.7. The number of fused-ring (bicyclic) bond motifs is 1. The lowest BCUT2D eigenvalue weighted by atomic mass is 10.2. The number of thioether (sulfide) groups is 1. The van der Waals surface area contributed by atoms with Crippen LogP contribution in [-0.2, 0) is 9.84 Å². The number of aliphatic imine (C=N–C) groups is 1. The van der Waals surface area contributed by atoms with Crippen LogP contribution in [0.5, 0.6) is 0 Å². The first-order valence-electron chi connectivity index (χ1n) is 8.13. The van der Waals surface area contributed by atoms with E-state index in [1.165, 1.54) is 23.9 Å². The predicted molar refractivity (Wildman–Crippen MR) is 111 cm³/mol. The van der Waals surface area contributed by atoms with Gasteiger partial charge in [-0.1, -0.05) is 53.2 Å². The minimum atomic E-state index is -3.10. The van der Waals surface area contributed by atoms with Gasteiger partial charge in [0.25, 0.3) is 5.91 Å². The number of benzene rings is 2. The number of carbonyl (C=O) groups is 1. The lowest BCUT2D eigenvalue weighted by Crippen LogP contribution is -2.37. The third-order valence-corrected chi connectivity index (χ3v) is 8.22. The van der Waals surface area contributed by atoms with Crippen LogP contribution in [0.15, 0.2) is 53.5 Å². The van der Waals surface area contributed by atoms with Gasteiger partial charge in [-0.15, -0.1) is 0 Å². The number of anilines is 1. The normalized spacial score (nSPS) is 25.0. The Morgan fingerprint density at radius 2 is 1.85 bits per heavy atom. The average Bonchev–Trinajstić information content (AvgIpc) is 3.06. The van der Waals surface area contributed by atoms with E-state index in [1.807, 2.05) is 35.2 Å². The van der Waals surface area contributed by atoms with Crippen LogP contribution in [0.4, 0.5) is 5.69 Å². The van der Waals surface area contributed by atoms with E-state index in [2.05, 4.69) is 4.99 Å². The first-order chi connectivity index (χ1) is 12.8. The Hall–Kier alpha value is -1.54. The Balaban J connectivity index is 1.72. The molecule has 2 aliphatic heterocycles. The molecule has 2 saturated heterocycles. The largest absolute Gasteiger partial charge is 0.316 e. The molecule has 1 amide bonds. The second kappa shape index (κ2) is 7.13. The van der Waals surface area contributed by atoms with Crippen LogP contribution in [0.3, 0.4) is 0 Å². The minimum Gasteiger partial charge on any atom is -0.316 e. The summed E-state index contributed by atoms with van der Waals surface area (Å²) in [6, 6.07) is 13.7. The number of sulfone groups is 1. The summed E-state index contributed by atoms with van der Waals surface area (Å²) in [6.45, 7) is 0. The molecule has 0 spiro atoms. The van der Waals surface area contributed by atoms with Crippen LogP contribution in [0, 0.1) is 0 Å². The van der Waals surface area contributed by atoms with Gasteiger partial charge in [-0.25, -0.2) is 8.42 Å². The van der Waals surface area contributed by atoms with Gasteiger partial charge >= 0.3 is 0 Å². The van der Waals surface area contributed by atoms with Crippen molar-refractivity contribution in [1.29, 1.82) is 0 Å². The van der Waals surface area contributed by atoms with Gasteiger partial charge in [0.2, 0.25) is 0 Å². The van der Waals surface area contributed by atoms with Crippen LogP contribution in [0.25, 0.3) is 0 Å². The number of rotatable bonds is 2. The summed E-state index contributed by atoms with van der Waals surface area (Å²) in [5.41, 5.74) is 1.07. The highest BCUT2D eigenvalue weighted by Crippen LogP contribution is 2.41. The number of amidine groups is 1. The number of hydrogen-bond donors (Lipinski definition) is 0. The molecule has 4 rings (SSSR count). The van der Waals surface area contributed by atoms with Crippen molar-refractivity contribution in [3.05, 3.63) is 64.1 Å². The molecule has 0 unspecified atom stereocenters. The number of hydrogen-bond acceptors (Lipinski definition) is 4. The number of halogens is 2. The average molecular weight is 441 g/mol. The summed E-state index contributed by atoms with van der Waals surface area (Å²) >= 11 is 13.3. The summed E-state index contributed by atoms with van der Waals surface area (Å²) in [7, 11) is -3.10. The van der Waals surface area contributed by atoms with Gasteiger partial charge in [-0.3, -0.25) is 4.79 Å². The van der Waals surface area contributed by atoms with Crippen molar-refractivity contribution in [2.45, 2.75) is 11.3 Å². The third-order valence-electron chi connectivity index (χ3n) is 4.46. The lowest BCUT2D eigenvalue weighted by molar-refractivity contribution is 0.100. The third kappa shape index (κ3) is 3.74. The number of amides is 1. The van der Waals surface area contributed by atoms with Gasteiger partial charge in [0.15, 0.2) is 15.0 Å². The minimum absolute atomic E-state index is 0.0501. The van der Waals surface area contributed by atoms with E-state index < -0.39 is 15.7 Å². The molecule has 27 heavy (non-hydrogen) atoms. The highest BCUT2D eigenvalue weighted by molar-refractivity contribution is 8.16. The zero-order valence-corrected chi connectivity index (χ0v) is 17.0. The Morgan fingerprint density at radius 3 is 2.56 bits per heavy atom. The molecular weight excluding hydrogens is 427 g/mol. The van der Waals surface area contributed by atoms with Gasteiger partial charge in [0, 0.05) is 16.0 Å². The van der Waals surface area contributed by atoms with Crippen LogP contribution < -0.4 is 4.90 Å². The first kappa shape index (κ1) is 18.8. The highest BCUT2D eigenvalue weighted by atomic mass is 35.5. The molecule has 2 aromatic carbocycles. The molecule has 5 nitrogen and oxygen atoms in total. The summed E-state index contributed by atoms with van der Waals surface area (Å²) < 4.78 is 24.1. The van der Waals surface area contributed by atoms with Crippen LogP contribution in [0.1, 0.15) is 10.4 Å². The quantitative estimate of drug-likeness (QED) is 0.707. The Bertz CT molecular complexity index is 1040. The lowest BCUT2D eigenvalue weighted by Gasteiger charge is -2.24. The fraction of sp³-hybridized carbons (Fsp3) is 0.222. The molecular formula is C18H14Cl2N2O3S2. The molecule has 0 aromatic heterocycles. The topological polar surface area (TPSA) is 66.8 Å². The summed E-state index contributed by atoms with van der Waals surface area (Å²) in [5.74, 6) is -0.349. The number of nitrogens with zero attached hydrogens (tertiary/aromatic N) is 2. The number of carbonyl (C=O) groups excluding carboxylic acids is 1. The van der Waals surface area contributed by atoms with E-state index in [9.17, 15) is 13.2 Å².